The molecule has 5 nitrogen and oxygen atoms in total. The van der Waals surface area contributed by atoms with E-state index in [-0.39, 0.29) is 11.8 Å². The fourth-order valence-electron chi connectivity index (χ4n) is 2.11. The Kier molecular flexibility index (Phi) is 4.47. The fraction of sp³-hybridized carbons (Fsp3) is 0.200. The molecule has 0 fully saturated rings. The van der Waals surface area contributed by atoms with Gasteiger partial charge in [-0.1, -0.05) is 17.2 Å². The highest BCUT2D eigenvalue weighted by molar-refractivity contribution is 9.10. The number of aryl methyl sites for hydroxylation is 3. The van der Waals surface area contributed by atoms with Crippen LogP contribution < -0.4 is 10.9 Å². The lowest BCUT2D eigenvalue weighted by Gasteiger charge is -2.09. The van der Waals surface area contributed by atoms with Crippen molar-refractivity contribution >= 4 is 27.7 Å². The third-order valence-corrected chi connectivity index (χ3v) is 3.41. The second-order valence-corrected chi connectivity index (χ2v) is 5.85. The Hall–Kier alpha value is -2.08. The molecule has 2 N–H and O–H groups in total. The predicted molar refractivity (Wildman–Crippen MR) is 84.0 cm³/mol. The summed E-state index contributed by atoms with van der Waals surface area (Å²) < 4.78 is 2.47. The molecule has 0 aliphatic rings. The van der Waals surface area contributed by atoms with E-state index < -0.39 is 0 Å². The van der Waals surface area contributed by atoms with E-state index in [0.29, 0.717) is 11.3 Å². The van der Waals surface area contributed by atoms with Gasteiger partial charge in [-0.2, -0.15) is 0 Å². The Bertz CT molecular complexity index is 687. The van der Waals surface area contributed by atoms with Gasteiger partial charge in [-0.25, -0.2) is 0 Å². The molecule has 2 aromatic rings. The van der Waals surface area contributed by atoms with Crippen molar-refractivity contribution in [3.05, 3.63) is 57.3 Å². The Balaban J connectivity index is 2.04. The van der Waals surface area contributed by atoms with Crippen molar-refractivity contribution in [3.8, 4) is 0 Å². The first-order valence-electron chi connectivity index (χ1n) is 6.37. The maximum absolute atomic E-state index is 12.0. The lowest BCUT2D eigenvalue weighted by Crippen LogP contribution is -2.42. The summed E-state index contributed by atoms with van der Waals surface area (Å²) in [5.41, 5.74) is 7.79. The third-order valence-electron chi connectivity index (χ3n) is 2.98. The minimum Gasteiger partial charge on any atom is -0.345 e. The first kappa shape index (κ1) is 15.3. The zero-order valence-corrected chi connectivity index (χ0v) is 13.6. The van der Waals surface area contributed by atoms with Crippen molar-refractivity contribution in [2.45, 2.75) is 13.8 Å². The van der Waals surface area contributed by atoms with Crippen LogP contribution in [0.3, 0.4) is 0 Å². The van der Waals surface area contributed by atoms with Gasteiger partial charge in [0.1, 0.15) is 5.69 Å². The van der Waals surface area contributed by atoms with Crippen molar-refractivity contribution in [1.82, 2.24) is 15.4 Å². The Labute approximate surface area is 131 Å². The van der Waals surface area contributed by atoms with E-state index >= 15 is 0 Å². The quantitative estimate of drug-likeness (QED) is 0.818. The largest absolute Gasteiger partial charge is 0.345 e. The maximum Gasteiger partial charge on any atom is 0.286 e. The zero-order valence-electron chi connectivity index (χ0n) is 12.0. The number of hydrogen-bond acceptors (Lipinski definition) is 2. The molecule has 0 aliphatic carbocycles. The zero-order chi connectivity index (χ0) is 15.6. The fourth-order valence-corrected chi connectivity index (χ4v) is 2.63. The van der Waals surface area contributed by atoms with Gasteiger partial charge in [0.2, 0.25) is 0 Å². The van der Waals surface area contributed by atoms with Crippen LogP contribution in [0.2, 0.25) is 0 Å². The van der Waals surface area contributed by atoms with E-state index in [1.165, 1.54) is 0 Å². The number of benzene rings is 1. The Morgan fingerprint density at radius 3 is 2.10 bits per heavy atom. The summed E-state index contributed by atoms with van der Waals surface area (Å²) in [5.74, 6) is -0.718. The highest BCUT2D eigenvalue weighted by Gasteiger charge is 2.13. The molecular formula is C15H16BrN3O2. The Morgan fingerprint density at radius 2 is 1.57 bits per heavy atom. The topological polar surface area (TPSA) is 63.1 Å². The minimum absolute atomic E-state index is 0.344. The van der Waals surface area contributed by atoms with Gasteiger partial charge in [-0.05, 0) is 48.0 Å². The summed E-state index contributed by atoms with van der Waals surface area (Å²) in [6.07, 6.45) is 1.76. The molecule has 2 amide bonds. The molecule has 21 heavy (non-hydrogen) atoms. The van der Waals surface area contributed by atoms with Crippen molar-refractivity contribution in [1.29, 1.82) is 0 Å². The average Bonchev–Trinajstić information content (AvgIpc) is 2.73. The number of hydrazine groups is 1. The summed E-state index contributed by atoms with van der Waals surface area (Å²) in [5, 5.41) is 0. The van der Waals surface area contributed by atoms with Crippen LogP contribution >= 0.6 is 15.9 Å². The molecule has 0 atom stereocenters. The molecular weight excluding hydrogens is 334 g/mol. The van der Waals surface area contributed by atoms with Crippen molar-refractivity contribution < 1.29 is 9.59 Å². The van der Waals surface area contributed by atoms with Crippen LogP contribution in [0.1, 0.15) is 32.0 Å². The number of amides is 2. The normalized spacial score (nSPS) is 10.3. The van der Waals surface area contributed by atoms with Crippen LogP contribution in [-0.4, -0.2) is 16.4 Å². The number of hydrogen-bond donors (Lipinski definition) is 2. The number of carbonyl (C=O) groups is 2. The summed E-state index contributed by atoms with van der Waals surface area (Å²) in [7, 11) is 1.76. The molecule has 1 aromatic carbocycles. The first-order valence-corrected chi connectivity index (χ1v) is 7.17. The standard InChI is InChI=1S/C15H16BrN3O2/c1-9-4-10(2)6-11(5-9)14(20)17-18-15(21)13-7-12(16)8-19(13)3/h4-8H,1-3H3,(H,17,20)(H,18,21). The van der Waals surface area contributed by atoms with E-state index in [0.717, 1.165) is 15.6 Å². The van der Waals surface area contributed by atoms with Gasteiger partial charge in [0.15, 0.2) is 0 Å². The van der Waals surface area contributed by atoms with Gasteiger partial charge >= 0.3 is 0 Å². The van der Waals surface area contributed by atoms with Crippen LogP contribution in [0.15, 0.2) is 34.9 Å². The van der Waals surface area contributed by atoms with Crippen LogP contribution in [-0.2, 0) is 7.05 Å². The van der Waals surface area contributed by atoms with Crippen molar-refractivity contribution in [2.75, 3.05) is 0 Å². The van der Waals surface area contributed by atoms with Crippen LogP contribution in [0.5, 0.6) is 0 Å². The number of halogens is 1. The van der Waals surface area contributed by atoms with E-state index in [1.54, 1.807) is 36.0 Å². The number of nitrogens with zero attached hydrogens (tertiary/aromatic N) is 1. The number of rotatable bonds is 2. The van der Waals surface area contributed by atoms with Crippen molar-refractivity contribution in [2.24, 2.45) is 7.05 Å². The van der Waals surface area contributed by atoms with E-state index in [2.05, 4.69) is 26.8 Å². The van der Waals surface area contributed by atoms with Gasteiger partial charge in [0.05, 0.1) is 0 Å². The molecule has 0 radical (unpaired) electrons. The maximum atomic E-state index is 12.0. The summed E-state index contributed by atoms with van der Waals surface area (Å²) in [6, 6.07) is 7.20. The molecule has 0 saturated heterocycles. The van der Waals surface area contributed by atoms with Gasteiger partial charge in [-0.3, -0.25) is 20.4 Å². The lowest BCUT2D eigenvalue weighted by atomic mass is 10.1. The molecule has 1 aromatic heterocycles. The molecule has 0 spiro atoms. The average molecular weight is 350 g/mol. The molecule has 0 saturated carbocycles. The monoisotopic (exact) mass is 349 g/mol. The first-order chi connectivity index (χ1) is 9.86. The van der Waals surface area contributed by atoms with E-state index in [1.807, 2.05) is 19.9 Å². The Morgan fingerprint density at radius 1 is 1.00 bits per heavy atom. The SMILES string of the molecule is Cc1cc(C)cc(C(=O)NNC(=O)c2cc(Br)cn2C)c1. The second-order valence-electron chi connectivity index (χ2n) is 4.94. The highest BCUT2D eigenvalue weighted by atomic mass is 79.9. The van der Waals surface area contributed by atoms with Crippen LogP contribution in [0, 0.1) is 13.8 Å². The molecule has 2 rings (SSSR count). The summed E-state index contributed by atoms with van der Waals surface area (Å²) in [6.45, 7) is 3.84. The number of nitrogens with one attached hydrogen (secondary N) is 2. The number of aromatic nitrogens is 1. The molecule has 110 valence electrons. The number of carbonyl (C=O) groups excluding carboxylic acids is 2. The third kappa shape index (κ3) is 3.72. The van der Waals surface area contributed by atoms with Crippen molar-refractivity contribution in [3.63, 3.8) is 0 Å². The smallest absolute Gasteiger partial charge is 0.286 e. The molecule has 0 unspecified atom stereocenters. The van der Waals surface area contributed by atoms with Gasteiger partial charge in [0, 0.05) is 23.3 Å². The summed E-state index contributed by atoms with van der Waals surface area (Å²) >= 11 is 3.30. The van der Waals surface area contributed by atoms with E-state index in [4.69, 9.17) is 0 Å². The summed E-state index contributed by atoms with van der Waals surface area (Å²) in [4.78, 5) is 24.0. The molecule has 6 heteroatoms. The minimum atomic E-state index is -0.374. The highest BCUT2D eigenvalue weighted by Crippen LogP contribution is 2.13. The molecule has 1 heterocycles. The predicted octanol–water partition coefficient (Wildman–Crippen LogP) is 2.48. The van der Waals surface area contributed by atoms with Crippen LogP contribution in [0.25, 0.3) is 0 Å². The van der Waals surface area contributed by atoms with Gasteiger partial charge in [0.25, 0.3) is 11.8 Å². The van der Waals surface area contributed by atoms with Gasteiger partial charge in [-0.15, -0.1) is 0 Å². The second kappa shape index (κ2) is 6.13. The molecule has 0 aliphatic heterocycles. The lowest BCUT2D eigenvalue weighted by molar-refractivity contribution is 0.0842. The molecule has 0 bridgehead atoms. The van der Waals surface area contributed by atoms with Gasteiger partial charge < -0.3 is 4.57 Å². The van der Waals surface area contributed by atoms with E-state index in [9.17, 15) is 9.59 Å². The van der Waals surface area contributed by atoms with Crippen LogP contribution in [0.4, 0.5) is 0 Å².